The van der Waals surface area contributed by atoms with Gasteiger partial charge in [-0.15, -0.1) is 11.3 Å². The summed E-state index contributed by atoms with van der Waals surface area (Å²) in [5.74, 6) is 0. The van der Waals surface area contributed by atoms with E-state index in [2.05, 4.69) is 35.1 Å². The molecule has 1 aliphatic heterocycles. The van der Waals surface area contributed by atoms with Crippen molar-refractivity contribution in [3.05, 3.63) is 68.8 Å². The second-order valence-corrected chi connectivity index (χ2v) is 9.73. The van der Waals surface area contributed by atoms with Gasteiger partial charge in [-0.25, -0.2) is 4.79 Å². The zero-order chi connectivity index (χ0) is 20.8. The number of urea groups is 1. The molecule has 1 N–H and O–H groups in total. The molecule has 0 spiro atoms. The molecule has 0 fully saturated rings. The summed E-state index contributed by atoms with van der Waals surface area (Å²) in [6.45, 7) is 4.76. The maximum atomic E-state index is 13.5. The normalized spacial score (nSPS) is 17.7. The van der Waals surface area contributed by atoms with Crippen LogP contribution >= 0.6 is 22.9 Å². The lowest BCUT2D eigenvalue weighted by atomic mass is 9.95. The SMILES string of the molecule is CC[C@H]1c2cccn2-c2sc3c(c2CN1C(=O)Nc1ccc(C)c(Cl)c1)CCCC3. The largest absolute Gasteiger partial charge is 0.322 e. The Balaban J connectivity index is 1.55. The highest BCUT2D eigenvalue weighted by atomic mass is 35.5. The maximum absolute atomic E-state index is 13.5. The van der Waals surface area contributed by atoms with E-state index in [1.54, 1.807) is 0 Å². The molecular weight excluding hydrogens is 414 g/mol. The number of carbonyl (C=O) groups excluding carboxylic acids is 1. The van der Waals surface area contributed by atoms with Gasteiger partial charge in [0.05, 0.1) is 12.6 Å². The molecule has 3 heterocycles. The average Bonchev–Trinajstić information content (AvgIpc) is 3.33. The third-order valence-electron chi connectivity index (χ3n) is 6.38. The first-order valence-corrected chi connectivity index (χ1v) is 11.9. The number of nitrogens with one attached hydrogen (secondary N) is 1. The number of rotatable bonds is 2. The lowest BCUT2D eigenvalue weighted by molar-refractivity contribution is 0.181. The van der Waals surface area contributed by atoms with Crippen molar-refractivity contribution in [2.75, 3.05) is 5.32 Å². The molecule has 0 unspecified atom stereocenters. The minimum absolute atomic E-state index is 0.0276. The first-order chi connectivity index (χ1) is 14.6. The number of hydrogen-bond donors (Lipinski definition) is 1. The van der Waals surface area contributed by atoms with Crippen LogP contribution in [0, 0.1) is 6.92 Å². The molecule has 30 heavy (non-hydrogen) atoms. The topological polar surface area (TPSA) is 37.3 Å². The Morgan fingerprint density at radius 2 is 2.07 bits per heavy atom. The molecule has 0 saturated carbocycles. The molecule has 2 amide bonds. The van der Waals surface area contributed by atoms with E-state index in [0.29, 0.717) is 11.6 Å². The van der Waals surface area contributed by atoms with Crippen LogP contribution in [-0.2, 0) is 19.4 Å². The molecule has 0 radical (unpaired) electrons. The van der Waals surface area contributed by atoms with Crippen molar-refractivity contribution in [1.29, 1.82) is 0 Å². The number of hydrogen-bond acceptors (Lipinski definition) is 2. The molecule has 0 bridgehead atoms. The zero-order valence-corrected chi connectivity index (χ0v) is 18.9. The number of halogens is 1. The summed E-state index contributed by atoms with van der Waals surface area (Å²) in [5.41, 5.74) is 5.74. The van der Waals surface area contributed by atoms with Gasteiger partial charge < -0.3 is 14.8 Å². The predicted octanol–water partition coefficient (Wildman–Crippen LogP) is 6.88. The van der Waals surface area contributed by atoms with Gasteiger partial charge in [-0.05, 0) is 74.4 Å². The molecule has 2 aromatic heterocycles. The Morgan fingerprint density at radius 3 is 2.87 bits per heavy atom. The highest BCUT2D eigenvalue weighted by Gasteiger charge is 2.34. The van der Waals surface area contributed by atoms with E-state index in [0.717, 1.165) is 30.5 Å². The van der Waals surface area contributed by atoms with Gasteiger partial charge in [0.25, 0.3) is 0 Å². The number of thiophene rings is 1. The Morgan fingerprint density at radius 1 is 1.23 bits per heavy atom. The van der Waals surface area contributed by atoms with Crippen LogP contribution in [0.5, 0.6) is 0 Å². The summed E-state index contributed by atoms with van der Waals surface area (Å²) in [4.78, 5) is 17.0. The number of amides is 2. The first kappa shape index (κ1) is 19.7. The number of aromatic nitrogens is 1. The second kappa shape index (κ2) is 7.78. The first-order valence-electron chi connectivity index (χ1n) is 10.7. The maximum Gasteiger partial charge on any atom is 0.322 e. The Labute approximate surface area is 186 Å². The molecule has 1 aliphatic carbocycles. The minimum atomic E-state index is -0.0712. The van der Waals surface area contributed by atoms with Gasteiger partial charge in [0.2, 0.25) is 0 Å². The number of fused-ring (bicyclic) bond motifs is 5. The smallest absolute Gasteiger partial charge is 0.312 e. The summed E-state index contributed by atoms with van der Waals surface area (Å²) < 4.78 is 2.32. The fraction of sp³-hybridized carbons (Fsp3) is 0.375. The van der Waals surface area contributed by atoms with Crippen molar-refractivity contribution in [2.24, 2.45) is 0 Å². The van der Waals surface area contributed by atoms with Crippen LogP contribution < -0.4 is 5.32 Å². The van der Waals surface area contributed by atoms with Crippen molar-refractivity contribution in [3.8, 4) is 5.00 Å². The number of nitrogens with zero attached hydrogens (tertiary/aromatic N) is 2. The standard InChI is InChI=1S/C24H26ClN3OS/c1-3-20-21-8-6-12-27(21)23-18(17-7-4-5-9-22(17)30-23)14-28(20)24(29)26-16-11-10-15(2)19(25)13-16/h6,8,10-13,20H,3-5,7,9,14H2,1-2H3,(H,26,29)/t20-/m0/s1. The van der Waals surface area contributed by atoms with E-state index in [1.807, 2.05) is 41.4 Å². The van der Waals surface area contributed by atoms with Gasteiger partial charge in [0.1, 0.15) is 5.00 Å². The summed E-state index contributed by atoms with van der Waals surface area (Å²) in [5, 5.41) is 5.06. The van der Waals surface area contributed by atoms with E-state index < -0.39 is 0 Å². The van der Waals surface area contributed by atoms with Crippen LogP contribution in [-0.4, -0.2) is 15.5 Å². The summed E-state index contributed by atoms with van der Waals surface area (Å²) in [6, 6.07) is 9.90. The quantitative estimate of drug-likeness (QED) is 0.464. The van der Waals surface area contributed by atoms with E-state index in [4.69, 9.17) is 11.6 Å². The van der Waals surface area contributed by atoms with Gasteiger partial charge in [0.15, 0.2) is 0 Å². The van der Waals surface area contributed by atoms with Gasteiger partial charge in [-0.1, -0.05) is 24.6 Å². The Bertz CT molecular complexity index is 1120. The number of carbonyl (C=O) groups is 1. The van der Waals surface area contributed by atoms with Crippen molar-refractivity contribution >= 4 is 34.7 Å². The molecule has 0 saturated heterocycles. The van der Waals surface area contributed by atoms with Crippen LogP contribution in [0.1, 0.15) is 59.5 Å². The van der Waals surface area contributed by atoms with Crippen molar-refractivity contribution < 1.29 is 4.79 Å². The van der Waals surface area contributed by atoms with Crippen LogP contribution in [0.2, 0.25) is 5.02 Å². The lowest BCUT2D eigenvalue weighted by Crippen LogP contribution is -2.37. The fourth-order valence-corrected chi connectivity index (χ4v) is 6.36. The van der Waals surface area contributed by atoms with Crippen LogP contribution in [0.3, 0.4) is 0 Å². The molecule has 1 atom stereocenters. The number of aryl methyl sites for hydroxylation is 2. The van der Waals surface area contributed by atoms with Gasteiger partial charge in [0, 0.05) is 33.0 Å². The Hall–Kier alpha value is -2.24. The van der Waals surface area contributed by atoms with E-state index in [-0.39, 0.29) is 12.1 Å². The van der Waals surface area contributed by atoms with Crippen LogP contribution in [0.4, 0.5) is 10.5 Å². The van der Waals surface area contributed by atoms with Crippen LogP contribution in [0.15, 0.2) is 36.5 Å². The van der Waals surface area contributed by atoms with E-state index >= 15 is 0 Å². The average molecular weight is 440 g/mol. The minimum Gasteiger partial charge on any atom is -0.312 e. The third-order valence-corrected chi connectivity index (χ3v) is 8.12. The highest BCUT2D eigenvalue weighted by molar-refractivity contribution is 7.15. The Kier molecular flexibility index (Phi) is 5.11. The molecule has 3 aromatic rings. The fourth-order valence-electron chi connectivity index (χ4n) is 4.77. The highest BCUT2D eigenvalue weighted by Crippen LogP contribution is 2.43. The molecule has 1 aromatic carbocycles. The molecule has 2 aliphatic rings. The summed E-state index contributed by atoms with van der Waals surface area (Å²) in [6.07, 6.45) is 7.80. The molecule has 6 heteroatoms. The predicted molar refractivity (Wildman–Crippen MR) is 124 cm³/mol. The summed E-state index contributed by atoms with van der Waals surface area (Å²) in [7, 11) is 0. The monoisotopic (exact) mass is 439 g/mol. The third kappa shape index (κ3) is 3.25. The van der Waals surface area contributed by atoms with Crippen LogP contribution in [0.25, 0.3) is 5.00 Å². The molecule has 156 valence electrons. The number of benzene rings is 1. The molecule has 5 rings (SSSR count). The van der Waals surface area contributed by atoms with Gasteiger partial charge in [-0.3, -0.25) is 0 Å². The van der Waals surface area contributed by atoms with E-state index in [9.17, 15) is 4.79 Å². The lowest BCUT2D eigenvalue weighted by Gasteiger charge is -2.30. The van der Waals surface area contributed by atoms with Crippen molar-refractivity contribution in [3.63, 3.8) is 0 Å². The molecule has 4 nitrogen and oxygen atoms in total. The van der Waals surface area contributed by atoms with Crippen molar-refractivity contribution in [2.45, 2.75) is 58.5 Å². The van der Waals surface area contributed by atoms with Gasteiger partial charge in [-0.2, -0.15) is 0 Å². The number of anilines is 1. The zero-order valence-electron chi connectivity index (χ0n) is 17.4. The second-order valence-electron chi connectivity index (χ2n) is 8.24. The van der Waals surface area contributed by atoms with E-state index in [1.165, 1.54) is 39.5 Å². The summed E-state index contributed by atoms with van der Waals surface area (Å²) >= 11 is 8.20. The molecular formula is C24H26ClN3OS. The van der Waals surface area contributed by atoms with Gasteiger partial charge >= 0.3 is 6.03 Å². The van der Waals surface area contributed by atoms with Crippen molar-refractivity contribution in [1.82, 2.24) is 9.47 Å².